The summed E-state index contributed by atoms with van der Waals surface area (Å²) in [6.07, 6.45) is 3.27. The molecular formula is C18H25N3O. The molecule has 0 aliphatic carbocycles. The molecule has 0 saturated carbocycles. The summed E-state index contributed by atoms with van der Waals surface area (Å²) in [5, 5.41) is 10.2. The lowest BCUT2D eigenvalue weighted by atomic mass is 10.2. The Morgan fingerprint density at radius 2 is 1.50 bits per heavy atom. The van der Waals surface area contributed by atoms with E-state index in [0.29, 0.717) is 13.1 Å². The molecule has 0 saturated heterocycles. The Kier molecular flexibility index (Phi) is 6.52. The van der Waals surface area contributed by atoms with Crippen LogP contribution >= 0.6 is 0 Å². The van der Waals surface area contributed by atoms with Gasteiger partial charge in [0.05, 0.1) is 6.10 Å². The number of rotatable bonds is 8. The molecule has 2 rings (SSSR count). The number of aromatic nitrogens is 1. The van der Waals surface area contributed by atoms with Crippen LogP contribution in [0.4, 0.5) is 0 Å². The maximum Gasteiger partial charge on any atom is 0.0793 e. The predicted octanol–water partition coefficient (Wildman–Crippen LogP) is 2.01. The Morgan fingerprint density at radius 1 is 0.909 bits per heavy atom. The third kappa shape index (κ3) is 5.93. The second kappa shape index (κ2) is 8.63. The van der Waals surface area contributed by atoms with Gasteiger partial charge in [-0.25, -0.2) is 0 Å². The standard InChI is InChI=1S/C18H25N3O/c1-20(12-16-7-4-3-5-8-16)14-18(22)15-21(2)13-17-9-6-10-19-11-17/h3-11,18,22H,12-15H2,1-2H3. The van der Waals surface area contributed by atoms with Crippen molar-refractivity contribution in [3.8, 4) is 0 Å². The molecule has 0 bridgehead atoms. The molecule has 0 radical (unpaired) electrons. The van der Waals surface area contributed by atoms with E-state index >= 15 is 0 Å². The van der Waals surface area contributed by atoms with Gasteiger partial charge in [-0.1, -0.05) is 36.4 Å². The van der Waals surface area contributed by atoms with Gasteiger partial charge in [0, 0.05) is 38.6 Å². The quantitative estimate of drug-likeness (QED) is 0.809. The summed E-state index contributed by atoms with van der Waals surface area (Å²) in [6, 6.07) is 14.3. The maximum absolute atomic E-state index is 10.2. The number of aliphatic hydroxyl groups excluding tert-OH is 1. The van der Waals surface area contributed by atoms with Crippen LogP contribution in [-0.2, 0) is 13.1 Å². The summed E-state index contributed by atoms with van der Waals surface area (Å²) in [4.78, 5) is 8.39. The van der Waals surface area contributed by atoms with Crippen LogP contribution in [0, 0.1) is 0 Å². The highest BCUT2D eigenvalue weighted by atomic mass is 16.3. The zero-order chi connectivity index (χ0) is 15.8. The Bertz CT molecular complexity index is 483. The van der Waals surface area contributed by atoms with Crippen molar-refractivity contribution in [2.45, 2.75) is 19.2 Å². The van der Waals surface area contributed by atoms with Crippen molar-refractivity contribution in [2.75, 3.05) is 27.2 Å². The van der Waals surface area contributed by atoms with E-state index in [4.69, 9.17) is 0 Å². The molecule has 0 fully saturated rings. The highest BCUT2D eigenvalue weighted by Gasteiger charge is 2.11. The Hall–Kier alpha value is -1.75. The van der Waals surface area contributed by atoms with Crippen LogP contribution in [0.15, 0.2) is 54.9 Å². The topological polar surface area (TPSA) is 39.6 Å². The number of hydrogen-bond acceptors (Lipinski definition) is 4. The van der Waals surface area contributed by atoms with E-state index in [2.05, 4.69) is 33.0 Å². The molecule has 1 heterocycles. The molecule has 1 aromatic carbocycles. The lowest BCUT2D eigenvalue weighted by Gasteiger charge is -2.24. The predicted molar refractivity (Wildman–Crippen MR) is 89.4 cm³/mol. The number of pyridine rings is 1. The molecule has 0 aliphatic heterocycles. The second-order valence-electron chi connectivity index (χ2n) is 5.89. The number of likely N-dealkylation sites (N-methyl/N-ethyl adjacent to an activating group) is 2. The summed E-state index contributed by atoms with van der Waals surface area (Å²) >= 11 is 0. The number of aliphatic hydroxyl groups is 1. The van der Waals surface area contributed by atoms with Crippen molar-refractivity contribution >= 4 is 0 Å². The first-order valence-corrected chi connectivity index (χ1v) is 7.61. The van der Waals surface area contributed by atoms with Gasteiger partial charge in [0.15, 0.2) is 0 Å². The molecule has 0 spiro atoms. The van der Waals surface area contributed by atoms with E-state index in [1.807, 2.05) is 44.6 Å². The molecule has 0 amide bonds. The summed E-state index contributed by atoms with van der Waals surface area (Å²) in [5.41, 5.74) is 2.43. The lowest BCUT2D eigenvalue weighted by Crippen LogP contribution is -2.37. The number of benzene rings is 1. The van der Waals surface area contributed by atoms with E-state index in [1.165, 1.54) is 5.56 Å². The van der Waals surface area contributed by atoms with Gasteiger partial charge < -0.3 is 5.11 Å². The zero-order valence-corrected chi connectivity index (χ0v) is 13.4. The molecule has 1 aromatic heterocycles. The van der Waals surface area contributed by atoms with Gasteiger partial charge in [0.1, 0.15) is 0 Å². The summed E-state index contributed by atoms with van der Waals surface area (Å²) in [6.45, 7) is 2.96. The van der Waals surface area contributed by atoms with E-state index in [0.717, 1.165) is 18.7 Å². The maximum atomic E-state index is 10.2. The SMILES string of the molecule is CN(Cc1ccccc1)CC(O)CN(C)Cc1cccnc1. The highest BCUT2D eigenvalue weighted by molar-refractivity contribution is 5.14. The average Bonchev–Trinajstić information content (AvgIpc) is 2.48. The van der Waals surface area contributed by atoms with Gasteiger partial charge in [0.2, 0.25) is 0 Å². The van der Waals surface area contributed by atoms with Crippen LogP contribution in [0.3, 0.4) is 0 Å². The second-order valence-corrected chi connectivity index (χ2v) is 5.89. The molecule has 1 atom stereocenters. The molecule has 4 heteroatoms. The van der Waals surface area contributed by atoms with Gasteiger partial charge in [-0.2, -0.15) is 0 Å². The first kappa shape index (κ1) is 16.6. The molecule has 1 unspecified atom stereocenters. The molecule has 22 heavy (non-hydrogen) atoms. The molecule has 4 nitrogen and oxygen atoms in total. The molecule has 1 N–H and O–H groups in total. The lowest BCUT2D eigenvalue weighted by molar-refractivity contribution is 0.0867. The Balaban J connectivity index is 1.73. The smallest absolute Gasteiger partial charge is 0.0793 e. The van der Waals surface area contributed by atoms with Gasteiger partial charge in [-0.3, -0.25) is 14.8 Å². The largest absolute Gasteiger partial charge is 0.390 e. The van der Waals surface area contributed by atoms with Crippen LogP contribution in [0.5, 0.6) is 0 Å². The van der Waals surface area contributed by atoms with E-state index < -0.39 is 0 Å². The molecule has 0 aliphatic rings. The van der Waals surface area contributed by atoms with Gasteiger partial charge in [-0.15, -0.1) is 0 Å². The van der Waals surface area contributed by atoms with Crippen LogP contribution in [0.25, 0.3) is 0 Å². The van der Waals surface area contributed by atoms with E-state index in [9.17, 15) is 5.11 Å². The average molecular weight is 299 g/mol. The first-order chi connectivity index (χ1) is 10.6. The van der Waals surface area contributed by atoms with Crippen molar-refractivity contribution in [2.24, 2.45) is 0 Å². The normalized spacial score (nSPS) is 12.8. The fourth-order valence-corrected chi connectivity index (χ4v) is 2.60. The molecule has 2 aromatic rings. The number of nitrogens with zero attached hydrogens (tertiary/aromatic N) is 3. The van der Waals surface area contributed by atoms with Gasteiger partial charge in [-0.05, 0) is 31.3 Å². The van der Waals surface area contributed by atoms with Crippen molar-refractivity contribution in [1.29, 1.82) is 0 Å². The first-order valence-electron chi connectivity index (χ1n) is 7.61. The minimum atomic E-state index is -0.365. The van der Waals surface area contributed by atoms with Gasteiger partial charge >= 0.3 is 0 Å². The number of hydrogen-bond donors (Lipinski definition) is 1. The van der Waals surface area contributed by atoms with Gasteiger partial charge in [0.25, 0.3) is 0 Å². The monoisotopic (exact) mass is 299 g/mol. The summed E-state index contributed by atoms with van der Waals surface area (Å²) in [7, 11) is 4.06. The van der Waals surface area contributed by atoms with Crippen molar-refractivity contribution in [3.63, 3.8) is 0 Å². The minimum absolute atomic E-state index is 0.365. The van der Waals surface area contributed by atoms with Crippen LogP contribution < -0.4 is 0 Å². The fourth-order valence-electron chi connectivity index (χ4n) is 2.60. The van der Waals surface area contributed by atoms with Crippen LogP contribution in [-0.4, -0.2) is 53.2 Å². The highest BCUT2D eigenvalue weighted by Crippen LogP contribution is 2.05. The van der Waals surface area contributed by atoms with Crippen molar-refractivity contribution in [3.05, 3.63) is 66.0 Å². The van der Waals surface area contributed by atoms with Crippen LogP contribution in [0.1, 0.15) is 11.1 Å². The Morgan fingerprint density at radius 3 is 2.09 bits per heavy atom. The van der Waals surface area contributed by atoms with Crippen molar-refractivity contribution < 1.29 is 5.11 Å². The fraction of sp³-hybridized carbons (Fsp3) is 0.389. The minimum Gasteiger partial charge on any atom is -0.390 e. The summed E-state index contributed by atoms with van der Waals surface area (Å²) in [5.74, 6) is 0. The van der Waals surface area contributed by atoms with E-state index in [1.54, 1.807) is 6.20 Å². The molecular weight excluding hydrogens is 274 g/mol. The van der Waals surface area contributed by atoms with Crippen LogP contribution in [0.2, 0.25) is 0 Å². The summed E-state index contributed by atoms with van der Waals surface area (Å²) < 4.78 is 0. The molecule has 118 valence electrons. The van der Waals surface area contributed by atoms with E-state index in [-0.39, 0.29) is 6.10 Å². The Labute approximate surface area is 133 Å². The third-order valence-corrected chi connectivity index (χ3v) is 3.52. The zero-order valence-electron chi connectivity index (χ0n) is 13.4. The van der Waals surface area contributed by atoms with Crippen molar-refractivity contribution in [1.82, 2.24) is 14.8 Å². The third-order valence-electron chi connectivity index (χ3n) is 3.52.